The Morgan fingerprint density at radius 1 is 1.15 bits per heavy atom. The molecule has 2 aromatic rings. The molecule has 2 amide bonds. The Morgan fingerprint density at radius 3 is 2.54 bits per heavy atom. The number of amides is 2. The molecule has 0 aliphatic heterocycles. The average molecular weight is 351 g/mol. The minimum atomic E-state index is -0.864. The lowest BCUT2D eigenvalue weighted by Gasteiger charge is -2.23. The van der Waals surface area contributed by atoms with Gasteiger partial charge in [0.25, 0.3) is 0 Å². The second-order valence-electron chi connectivity index (χ2n) is 7.09. The van der Waals surface area contributed by atoms with Crippen molar-refractivity contribution in [1.29, 1.82) is 0 Å². The Bertz CT molecular complexity index is 785. The van der Waals surface area contributed by atoms with Crippen LogP contribution in [0.1, 0.15) is 29.5 Å². The Kier molecular flexibility index (Phi) is 5.35. The van der Waals surface area contributed by atoms with Crippen LogP contribution in [0.2, 0.25) is 0 Å². The first-order valence-electron chi connectivity index (χ1n) is 8.99. The third kappa shape index (κ3) is 4.10. The first-order valence-corrected chi connectivity index (χ1v) is 8.99. The maximum atomic E-state index is 12.8. The molecule has 5 heteroatoms. The topological polar surface area (TPSA) is 62.3 Å². The highest BCUT2D eigenvalue weighted by molar-refractivity contribution is 6.07. The summed E-state index contributed by atoms with van der Waals surface area (Å²) in [5.74, 6) is -0.229. The first-order chi connectivity index (χ1) is 12.5. The summed E-state index contributed by atoms with van der Waals surface area (Å²) >= 11 is 0. The maximum Gasteiger partial charge on any atom is 0.238 e. The molecule has 1 saturated carbocycles. The van der Waals surface area contributed by atoms with Gasteiger partial charge in [0.2, 0.25) is 11.8 Å². The Morgan fingerprint density at radius 2 is 1.88 bits per heavy atom. The molecule has 0 bridgehead atoms. The summed E-state index contributed by atoms with van der Waals surface area (Å²) < 4.78 is 0. The van der Waals surface area contributed by atoms with Crippen molar-refractivity contribution in [3.63, 3.8) is 0 Å². The van der Waals surface area contributed by atoms with Gasteiger partial charge in [-0.25, -0.2) is 0 Å². The van der Waals surface area contributed by atoms with Gasteiger partial charge in [0.15, 0.2) is 0 Å². The van der Waals surface area contributed by atoms with E-state index in [1.54, 1.807) is 24.3 Å². The molecule has 1 N–H and O–H groups in total. The molecule has 1 aromatic heterocycles. The van der Waals surface area contributed by atoms with E-state index in [1.165, 1.54) is 0 Å². The van der Waals surface area contributed by atoms with Crippen LogP contribution >= 0.6 is 0 Å². The summed E-state index contributed by atoms with van der Waals surface area (Å²) in [4.78, 5) is 31.1. The highest BCUT2D eigenvalue weighted by Gasteiger charge is 2.57. The van der Waals surface area contributed by atoms with Crippen molar-refractivity contribution >= 4 is 11.8 Å². The van der Waals surface area contributed by atoms with Crippen molar-refractivity contribution in [3.8, 4) is 0 Å². The maximum absolute atomic E-state index is 12.8. The molecular weight excluding hydrogens is 326 g/mol. The van der Waals surface area contributed by atoms with Gasteiger partial charge in [0, 0.05) is 32.5 Å². The minimum absolute atomic E-state index is 0.0756. The van der Waals surface area contributed by atoms with Crippen LogP contribution in [0, 0.1) is 12.3 Å². The van der Waals surface area contributed by atoms with Crippen LogP contribution in [-0.4, -0.2) is 35.3 Å². The molecule has 0 spiro atoms. The number of hydrogen-bond acceptors (Lipinski definition) is 3. The molecule has 26 heavy (non-hydrogen) atoms. The van der Waals surface area contributed by atoms with Crippen molar-refractivity contribution in [1.82, 2.24) is 15.2 Å². The monoisotopic (exact) mass is 351 g/mol. The van der Waals surface area contributed by atoms with Crippen LogP contribution in [0.15, 0.2) is 48.8 Å². The number of hydrogen-bond donors (Lipinski definition) is 1. The minimum Gasteiger partial charge on any atom is -0.351 e. The number of carbonyl (C=O) groups excluding carboxylic acids is 2. The van der Waals surface area contributed by atoms with Crippen molar-refractivity contribution in [2.75, 3.05) is 13.6 Å². The van der Waals surface area contributed by atoms with E-state index in [0.717, 1.165) is 23.1 Å². The van der Waals surface area contributed by atoms with E-state index < -0.39 is 5.41 Å². The summed E-state index contributed by atoms with van der Waals surface area (Å²) in [6.07, 6.45) is 5.51. The molecule has 3 rings (SSSR count). The zero-order valence-electron chi connectivity index (χ0n) is 15.4. The molecule has 0 atom stereocenters. The molecule has 1 fully saturated rings. The van der Waals surface area contributed by atoms with Crippen LogP contribution in [0.3, 0.4) is 0 Å². The van der Waals surface area contributed by atoms with Gasteiger partial charge >= 0.3 is 0 Å². The van der Waals surface area contributed by atoms with E-state index in [2.05, 4.69) is 10.3 Å². The number of nitrogens with one attached hydrogen (secondary N) is 1. The number of likely N-dealkylation sites (N-methyl/N-ethyl adjacent to an activating group) is 1. The van der Waals surface area contributed by atoms with E-state index in [4.69, 9.17) is 0 Å². The molecule has 5 nitrogen and oxygen atoms in total. The van der Waals surface area contributed by atoms with Crippen LogP contribution in [0.4, 0.5) is 0 Å². The molecule has 1 heterocycles. The molecule has 136 valence electrons. The van der Waals surface area contributed by atoms with E-state index in [0.29, 0.717) is 25.9 Å². The lowest BCUT2D eigenvalue weighted by Crippen LogP contribution is -2.44. The Labute approximate surface area is 154 Å². The quantitative estimate of drug-likeness (QED) is 0.780. The van der Waals surface area contributed by atoms with Gasteiger partial charge in [-0.05, 0) is 49.4 Å². The first kappa shape index (κ1) is 18.1. The SMILES string of the molecule is Cc1cccc(CNC(=O)C2(C(=O)N(C)CCc3ccncc3)CC2)c1. The van der Waals surface area contributed by atoms with Crippen LogP contribution in [0.5, 0.6) is 0 Å². The van der Waals surface area contributed by atoms with Crippen LogP contribution < -0.4 is 5.32 Å². The predicted octanol–water partition coefficient (Wildman–Crippen LogP) is 2.49. The lowest BCUT2D eigenvalue weighted by molar-refractivity contribution is -0.143. The van der Waals surface area contributed by atoms with Gasteiger partial charge in [-0.15, -0.1) is 0 Å². The number of carbonyl (C=O) groups is 2. The van der Waals surface area contributed by atoms with Gasteiger partial charge in [-0.2, -0.15) is 0 Å². The van der Waals surface area contributed by atoms with Crippen molar-refractivity contribution < 1.29 is 9.59 Å². The second kappa shape index (κ2) is 7.68. The largest absolute Gasteiger partial charge is 0.351 e. The summed E-state index contributed by atoms with van der Waals surface area (Å²) in [5, 5.41) is 2.94. The van der Waals surface area contributed by atoms with Crippen LogP contribution in [-0.2, 0) is 22.6 Å². The fourth-order valence-corrected chi connectivity index (χ4v) is 3.15. The van der Waals surface area contributed by atoms with E-state index >= 15 is 0 Å². The number of pyridine rings is 1. The zero-order chi connectivity index (χ0) is 18.6. The van der Waals surface area contributed by atoms with E-state index in [-0.39, 0.29) is 11.8 Å². The van der Waals surface area contributed by atoms with Gasteiger partial charge in [-0.1, -0.05) is 29.8 Å². The Balaban J connectivity index is 1.54. The van der Waals surface area contributed by atoms with Crippen molar-refractivity contribution in [2.24, 2.45) is 5.41 Å². The van der Waals surface area contributed by atoms with Crippen LogP contribution in [0.25, 0.3) is 0 Å². The summed E-state index contributed by atoms with van der Waals surface area (Å²) in [5.41, 5.74) is 2.47. The van der Waals surface area contributed by atoms with Gasteiger partial charge < -0.3 is 10.2 Å². The Hall–Kier alpha value is -2.69. The van der Waals surface area contributed by atoms with E-state index in [1.807, 2.05) is 43.3 Å². The van der Waals surface area contributed by atoms with Crippen molar-refractivity contribution in [3.05, 3.63) is 65.5 Å². The molecular formula is C21H25N3O2. The van der Waals surface area contributed by atoms with Crippen molar-refractivity contribution in [2.45, 2.75) is 32.7 Å². The smallest absolute Gasteiger partial charge is 0.238 e. The standard InChI is InChI=1S/C21H25N3O2/c1-16-4-3-5-18(14-16)15-23-19(25)21(9-10-21)20(26)24(2)13-8-17-6-11-22-12-7-17/h3-7,11-12,14H,8-10,13,15H2,1-2H3,(H,23,25). The van der Waals surface area contributed by atoms with E-state index in [9.17, 15) is 9.59 Å². The molecule has 0 radical (unpaired) electrons. The number of rotatable bonds is 7. The predicted molar refractivity (Wildman–Crippen MR) is 100 cm³/mol. The average Bonchev–Trinajstić information content (AvgIpc) is 3.46. The fourth-order valence-electron chi connectivity index (χ4n) is 3.15. The second-order valence-corrected chi connectivity index (χ2v) is 7.09. The van der Waals surface area contributed by atoms with Gasteiger partial charge in [0.05, 0.1) is 0 Å². The zero-order valence-corrected chi connectivity index (χ0v) is 15.4. The summed E-state index contributed by atoms with van der Waals surface area (Å²) in [6.45, 7) is 3.07. The molecule has 0 saturated heterocycles. The number of benzene rings is 1. The normalized spacial score (nSPS) is 14.5. The number of aromatic nitrogens is 1. The van der Waals surface area contributed by atoms with Gasteiger partial charge in [0.1, 0.15) is 5.41 Å². The highest BCUT2D eigenvalue weighted by atomic mass is 16.2. The summed E-state index contributed by atoms with van der Waals surface area (Å²) in [6, 6.07) is 11.9. The molecule has 1 aromatic carbocycles. The highest BCUT2D eigenvalue weighted by Crippen LogP contribution is 2.47. The molecule has 0 unspecified atom stereocenters. The lowest BCUT2D eigenvalue weighted by atomic mass is 10.0. The molecule has 1 aliphatic carbocycles. The molecule has 1 aliphatic rings. The number of aryl methyl sites for hydroxylation is 1. The summed E-state index contributed by atoms with van der Waals surface area (Å²) in [7, 11) is 1.78. The number of nitrogens with zero attached hydrogens (tertiary/aromatic N) is 2. The third-order valence-electron chi connectivity index (χ3n) is 4.96. The van der Waals surface area contributed by atoms with Gasteiger partial charge in [-0.3, -0.25) is 14.6 Å². The third-order valence-corrected chi connectivity index (χ3v) is 4.96. The fraction of sp³-hybridized carbons (Fsp3) is 0.381.